The smallest absolute Gasteiger partial charge is 1.00 e. The number of carbonyl (C=O) groups is 1. The fourth-order valence-electron chi connectivity index (χ4n) is 2.14. The molecule has 2 atom stereocenters. The summed E-state index contributed by atoms with van der Waals surface area (Å²) in [6.45, 7) is 12.0. The molecule has 0 aromatic carbocycles. The van der Waals surface area contributed by atoms with Gasteiger partial charge in [0.05, 0.1) is 13.2 Å². The van der Waals surface area contributed by atoms with E-state index in [1.165, 1.54) is 6.42 Å². The zero-order valence-corrected chi connectivity index (χ0v) is 16.6. The largest absolute Gasteiger partial charge is 1.00 e. The van der Waals surface area contributed by atoms with Crippen molar-refractivity contribution < 1.29 is 67.2 Å². The Balaban J connectivity index is 0. The Bertz CT molecular complexity index is 305. The van der Waals surface area contributed by atoms with Gasteiger partial charge in [-0.05, 0) is 25.7 Å². The van der Waals surface area contributed by atoms with E-state index in [1.807, 2.05) is 13.0 Å². The minimum atomic E-state index is -0.409. The summed E-state index contributed by atoms with van der Waals surface area (Å²) >= 11 is 0. The van der Waals surface area contributed by atoms with Crippen molar-refractivity contribution in [3.05, 3.63) is 12.7 Å². The van der Waals surface area contributed by atoms with E-state index in [-0.39, 0.29) is 58.9 Å². The Morgan fingerprint density at radius 2 is 2.30 bits per heavy atom. The summed E-state index contributed by atoms with van der Waals surface area (Å²) in [7, 11) is 0. The van der Waals surface area contributed by atoms with Gasteiger partial charge in [-0.2, -0.15) is 5.06 Å². The van der Waals surface area contributed by atoms with Gasteiger partial charge in [-0.15, -0.1) is 6.58 Å². The van der Waals surface area contributed by atoms with E-state index in [0.717, 1.165) is 19.1 Å². The van der Waals surface area contributed by atoms with Gasteiger partial charge in [-0.25, -0.2) is 0 Å². The van der Waals surface area contributed by atoms with Crippen LogP contribution in [0.2, 0.25) is 0 Å². The Labute approximate surface area is 167 Å². The van der Waals surface area contributed by atoms with Crippen molar-refractivity contribution >= 4 is 6.29 Å². The predicted octanol–water partition coefficient (Wildman–Crippen LogP) is -0.295. The van der Waals surface area contributed by atoms with Crippen LogP contribution in [-0.2, 0) is 14.4 Å². The van der Waals surface area contributed by atoms with E-state index >= 15 is 0 Å². The second-order valence-corrected chi connectivity index (χ2v) is 5.81. The molecule has 1 rings (SSSR count). The van der Waals surface area contributed by atoms with E-state index in [0.29, 0.717) is 25.7 Å². The third-order valence-electron chi connectivity index (χ3n) is 3.48. The molecule has 0 aliphatic carbocycles. The molecule has 1 aliphatic heterocycles. The van der Waals surface area contributed by atoms with Crippen LogP contribution in [0.5, 0.6) is 0 Å². The van der Waals surface area contributed by atoms with Crippen LogP contribution in [0.3, 0.4) is 0 Å². The fourth-order valence-corrected chi connectivity index (χ4v) is 2.14. The first-order valence-corrected chi connectivity index (χ1v) is 7.13. The Morgan fingerprint density at radius 3 is 2.85 bits per heavy atom. The second kappa shape index (κ2) is 10.6. The molecule has 0 amide bonds. The zero-order valence-electron chi connectivity index (χ0n) is 14.4. The monoisotopic (exact) mass is 309 g/mol. The average Bonchev–Trinajstić information content (AvgIpc) is 2.39. The first kappa shape index (κ1) is 20.9. The first-order chi connectivity index (χ1) is 9.00. The van der Waals surface area contributed by atoms with Crippen molar-refractivity contribution in [2.75, 3.05) is 19.8 Å². The summed E-state index contributed by atoms with van der Waals surface area (Å²) < 4.78 is 5.29. The van der Waals surface area contributed by atoms with E-state index in [4.69, 9.17) is 9.57 Å². The van der Waals surface area contributed by atoms with Crippen LogP contribution in [0.15, 0.2) is 12.7 Å². The van der Waals surface area contributed by atoms with Crippen LogP contribution in [0.4, 0.5) is 0 Å². The van der Waals surface area contributed by atoms with Gasteiger partial charge in [-0.3, -0.25) is 4.84 Å². The Kier molecular flexibility index (Phi) is 11.1. The first-order valence-electron chi connectivity index (χ1n) is 7.13. The molecule has 1 aliphatic rings. The molecule has 2 unspecified atom stereocenters. The fraction of sp³-hybridized carbons (Fsp3) is 0.800. The van der Waals surface area contributed by atoms with Gasteiger partial charge in [0.1, 0.15) is 17.9 Å². The number of hydrogen-bond donors (Lipinski definition) is 0. The van der Waals surface area contributed by atoms with Crippen molar-refractivity contribution in [1.82, 2.24) is 5.06 Å². The van der Waals surface area contributed by atoms with Crippen LogP contribution in [0.1, 0.15) is 41.5 Å². The summed E-state index contributed by atoms with van der Waals surface area (Å²) in [5, 5.41) is 1.74. The number of hydroxylamine groups is 2. The van der Waals surface area contributed by atoms with Crippen molar-refractivity contribution in [3.8, 4) is 0 Å². The number of rotatable bonds is 8. The predicted molar refractivity (Wildman–Crippen MR) is 76.9 cm³/mol. The number of morpholine rings is 1. The minimum absolute atomic E-state index is 0. The molecule has 112 valence electrons. The van der Waals surface area contributed by atoms with Gasteiger partial charge in [-0.1, -0.05) is 26.3 Å². The van der Waals surface area contributed by atoms with Crippen LogP contribution < -0.4 is 51.4 Å². The minimum Gasteiger partial charge on any atom is -1.00 e. The van der Waals surface area contributed by atoms with Gasteiger partial charge in [0, 0.05) is 6.54 Å². The maximum atomic E-state index is 11.0. The molecule has 5 heteroatoms. The number of ether oxygens (including phenoxy) is 1. The molecule has 1 fully saturated rings. The summed E-state index contributed by atoms with van der Waals surface area (Å²) in [6, 6.07) is -0.307. The van der Waals surface area contributed by atoms with Gasteiger partial charge >= 0.3 is 51.4 Å². The topological polar surface area (TPSA) is 38.8 Å². The SMILES string of the molecule is C=CC(C)(CCCC(C)C)ON1CCOCC1C=O.[H-].[K+]. The van der Waals surface area contributed by atoms with E-state index < -0.39 is 5.60 Å². The molecule has 0 N–H and O–H groups in total. The molecule has 1 heterocycles. The zero-order chi connectivity index (χ0) is 14.3. The summed E-state index contributed by atoms with van der Waals surface area (Å²) in [5.74, 6) is 0.695. The van der Waals surface area contributed by atoms with Crippen LogP contribution >= 0.6 is 0 Å². The maximum Gasteiger partial charge on any atom is 1.00 e. The molecule has 1 saturated heterocycles. The molecule has 0 aromatic rings. The molecule has 4 nitrogen and oxygen atoms in total. The van der Waals surface area contributed by atoms with Crippen molar-refractivity contribution in [2.24, 2.45) is 5.92 Å². The molecule has 0 bridgehead atoms. The molecule has 0 saturated carbocycles. The van der Waals surface area contributed by atoms with E-state index in [9.17, 15) is 4.79 Å². The van der Waals surface area contributed by atoms with Crippen LogP contribution in [0, 0.1) is 5.92 Å². The Hall–Kier alpha value is 0.926. The molecule has 0 spiro atoms. The van der Waals surface area contributed by atoms with Gasteiger partial charge in [0.25, 0.3) is 0 Å². The summed E-state index contributed by atoms with van der Waals surface area (Å²) in [6.07, 6.45) is 5.91. The number of aldehydes is 1. The van der Waals surface area contributed by atoms with E-state index in [1.54, 1.807) is 5.06 Å². The van der Waals surface area contributed by atoms with Gasteiger partial charge in [0.15, 0.2) is 0 Å². The van der Waals surface area contributed by atoms with Crippen LogP contribution in [-0.4, -0.2) is 42.8 Å². The van der Waals surface area contributed by atoms with E-state index in [2.05, 4.69) is 20.4 Å². The number of hydrogen-bond acceptors (Lipinski definition) is 4. The molecule has 20 heavy (non-hydrogen) atoms. The quantitative estimate of drug-likeness (QED) is 0.351. The van der Waals surface area contributed by atoms with Crippen molar-refractivity contribution in [2.45, 2.75) is 51.7 Å². The third-order valence-corrected chi connectivity index (χ3v) is 3.48. The van der Waals surface area contributed by atoms with Crippen molar-refractivity contribution in [3.63, 3.8) is 0 Å². The average molecular weight is 309 g/mol. The van der Waals surface area contributed by atoms with Gasteiger partial charge < -0.3 is 11.0 Å². The number of nitrogens with zero attached hydrogens (tertiary/aromatic N) is 1. The molecule has 0 aromatic heterocycles. The van der Waals surface area contributed by atoms with Crippen LogP contribution in [0.25, 0.3) is 0 Å². The Morgan fingerprint density at radius 1 is 1.60 bits per heavy atom. The standard InChI is InChI=1S/C15H27NO3.K.H/c1-5-15(4,8-6-7-13(2)3)19-16-9-10-18-12-14(16)11-17;;/h5,11,13-14H,1,6-10,12H2,2-4H3;;/q;+1;-1. The van der Waals surface area contributed by atoms with Crippen molar-refractivity contribution in [1.29, 1.82) is 0 Å². The molecular weight excluding hydrogens is 281 g/mol. The third kappa shape index (κ3) is 7.27. The molecule has 0 radical (unpaired) electrons. The summed E-state index contributed by atoms with van der Waals surface area (Å²) in [5.41, 5.74) is -0.409. The normalized spacial score (nSPS) is 22.9. The van der Waals surface area contributed by atoms with Gasteiger partial charge in [0.2, 0.25) is 0 Å². The molecular formula is C15H28KNO3. The maximum absolute atomic E-state index is 11.0. The number of carbonyl (C=O) groups excluding carboxylic acids is 1. The second-order valence-electron chi connectivity index (χ2n) is 5.81. The summed E-state index contributed by atoms with van der Waals surface area (Å²) in [4.78, 5) is 17.0.